The predicted molar refractivity (Wildman–Crippen MR) is 157 cm³/mol. The summed E-state index contributed by atoms with van der Waals surface area (Å²) in [6.45, 7) is 6.69. The molecule has 0 bridgehead atoms. The fraction of sp³-hybridized carbons (Fsp3) is 0.143. The van der Waals surface area contributed by atoms with Gasteiger partial charge in [0.2, 0.25) is 0 Å². The van der Waals surface area contributed by atoms with Gasteiger partial charge < -0.3 is 0 Å². The molecule has 3 aromatic carbocycles. The van der Waals surface area contributed by atoms with Crippen LogP contribution in [0.25, 0.3) is 45.3 Å². The molecule has 2 aromatic heterocycles. The number of aromatic nitrogens is 2. The standard InChI is InChI=1S/C35H32N2/c1-25(2)21-27-18-20-37-35(23-27)33-24-29(28-11-5-4-6-12-28)16-17-30(33)22-26(3)31-13-7-8-14-32(31)34-15-9-10-19-36-34/h4-20,22-25H,21H2,1-3H3/b26-22-. The molecular formula is C35H32N2. The fourth-order valence-electron chi connectivity index (χ4n) is 4.82. The average Bonchev–Trinajstić information content (AvgIpc) is 2.94. The molecule has 37 heavy (non-hydrogen) atoms. The molecule has 0 spiro atoms. The molecule has 2 nitrogen and oxygen atoms in total. The van der Waals surface area contributed by atoms with E-state index in [-0.39, 0.29) is 0 Å². The van der Waals surface area contributed by atoms with E-state index in [0.717, 1.165) is 34.5 Å². The van der Waals surface area contributed by atoms with Crippen molar-refractivity contribution in [2.75, 3.05) is 0 Å². The van der Waals surface area contributed by atoms with Crippen molar-refractivity contribution in [2.45, 2.75) is 27.2 Å². The summed E-state index contributed by atoms with van der Waals surface area (Å²) >= 11 is 0. The maximum Gasteiger partial charge on any atom is 0.0710 e. The summed E-state index contributed by atoms with van der Waals surface area (Å²) in [6, 6.07) is 36.2. The lowest BCUT2D eigenvalue weighted by atomic mass is 9.92. The number of hydrogen-bond acceptors (Lipinski definition) is 2. The maximum absolute atomic E-state index is 4.82. The summed E-state index contributed by atoms with van der Waals surface area (Å²) in [5, 5.41) is 0. The van der Waals surface area contributed by atoms with Crippen molar-refractivity contribution >= 4 is 11.6 Å². The fourth-order valence-corrected chi connectivity index (χ4v) is 4.82. The smallest absolute Gasteiger partial charge is 0.0710 e. The molecule has 5 aromatic rings. The number of allylic oxidation sites excluding steroid dienone is 1. The quantitative estimate of drug-likeness (QED) is 0.217. The van der Waals surface area contributed by atoms with E-state index in [1.165, 1.54) is 27.8 Å². The lowest BCUT2D eigenvalue weighted by Crippen LogP contribution is -1.96. The Hall–Kier alpha value is -4.30. The van der Waals surface area contributed by atoms with E-state index in [1.54, 1.807) is 0 Å². The molecule has 182 valence electrons. The molecule has 0 aliphatic heterocycles. The molecule has 0 aliphatic rings. The molecule has 0 atom stereocenters. The molecule has 5 rings (SSSR count). The number of pyridine rings is 2. The van der Waals surface area contributed by atoms with Crippen LogP contribution in [0.4, 0.5) is 0 Å². The molecule has 0 N–H and O–H groups in total. The van der Waals surface area contributed by atoms with Crippen LogP contribution in [0.3, 0.4) is 0 Å². The molecular weight excluding hydrogens is 448 g/mol. The van der Waals surface area contributed by atoms with Gasteiger partial charge in [-0.25, -0.2) is 0 Å². The lowest BCUT2D eigenvalue weighted by molar-refractivity contribution is 0.647. The molecule has 0 amide bonds. The van der Waals surface area contributed by atoms with Gasteiger partial charge >= 0.3 is 0 Å². The second-order valence-corrected chi connectivity index (χ2v) is 9.90. The Morgan fingerprint density at radius 2 is 1.43 bits per heavy atom. The summed E-state index contributed by atoms with van der Waals surface area (Å²) in [4.78, 5) is 9.42. The van der Waals surface area contributed by atoms with Crippen LogP contribution >= 0.6 is 0 Å². The molecule has 0 radical (unpaired) electrons. The highest BCUT2D eigenvalue weighted by Crippen LogP contribution is 2.34. The monoisotopic (exact) mass is 480 g/mol. The highest BCUT2D eigenvalue weighted by Gasteiger charge is 2.12. The normalized spacial score (nSPS) is 11.6. The van der Waals surface area contributed by atoms with Gasteiger partial charge in [0.15, 0.2) is 0 Å². The van der Waals surface area contributed by atoms with Crippen molar-refractivity contribution < 1.29 is 0 Å². The zero-order valence-electron chi connectivity index (χ0n) is 21.7. The van der Waals surface area contributed by atoms with Gasteiger partial charge in [-0.15, -0.1) is 0 Å². The Morgan fingerprint density at radius 1 is 0.676 bits per heavy atom. The van der Waals surface area contributed by atoms with E-state index in [0.29, 0.717) is 5.92 Å². The summed E-state index contributed by atoms with van der Waals surface area (Å²) in [5.41, 5.74) is 11.5. The first-order valence-corrected chi connectivity index (χ1v) is 12.9. The topological polar surface area (TPSA) is 25.8 Å². The van der Waals surface area contributed by atoms with E-state index in [9.17, 15) is 0 Å². The van der Waals surface area contributed by atoms with Gasteiger partial charge in [0.25, 0.3) is 0 Å². The largest absolute Gasteiger partial charge is 0.256 e. The third-order valence-electron chi connectivity index (χ3n) is 6.57. The van der Waals surface area contributed by atoms with Crippen LogP contribution in [0.15, 0.2) is 116 Å². The Morgan fingerprint density at radius 3 is 2.22 bits per heavy atom. The van der Waals surface area contributed by atoms with Crippen LogP contribution in [0.5, 0.6) is 0 Å². The minimum absolute atomic E-state index is 0.593. The first-order chi connectivity index (χ1) is 18.1. The lowest BCUT2D eigenvalue weighted by Gasteiger charge is -2.14. The van der Waals surface area contributed by atoms with Gasteiger partial charge in [0.05, 0.1) is 11.4 Å². The van der Waals surface area contributed by atoms with Gasteiger partial charge in [0.1, 0.15) is 0 Å². The van der Waals surface area contributed by atoms with Crippen molar-refractivity contribution in [3.63, 3.8) is 0 Å². The van der Waals surface area contributed by atoms with Crippen LogP contribution in [0.1, 0.15) is 37.5 Å². The van der Waals surface area contributed by atoms with E-state index >= 15 is 0 Å². The molecule has 0 aliphatic carbocycles. The van der Waals surface area contributed by atoms with Crippen molar-refractivity contribution in [1.82, 2.24) is 9.97 Å². The van der Waals surface area contributed by atoms with Gasteiger partial charge in [0, 0.05) is 23.5 Å². The minimum atomic E-state index is 0.593. The molecule has 2 heteroatoms. The second-order valence-electron chi connectivity index (χ2n) is 9.90. The highest BCUT2D eigenvalue weighted by atomic mass is 14.7. The number of nitrogens with zero attached hydrogens (tertiary/aromatic N) is 2. The Bertz CT molecular complexity index is 1520. The van der Waals surface area contributed by atoms with Crippen molar-refractivity contribution in [2.24, 2.45) is 5.92 Å². The van der Waals surface area contributed by atoms with Gasteiger partial charge in [-0.05, 0) is 83.0 Å². The van der Waals surface area contributed by atoms with Crippen molar-refractivity contribution in [3.8, 4) is 33.6 Å². The van der Waals surface area contributed by atoms with Crippen LogP contribution in [0, 0.1) is 5.92 Å². The Labute approximate surface area is 220 Å². The third kappa shape index (κ3) is 5.76. The predicted octanol–water partition coefficient (Wildman–Crippen LogP) is 9.24. The van der Waals surface area contributed by atoms with Crippen LogP contribution < -0.4 is 0 Å². The zero-order valence-corrected chi connectivity index (χ0v) is 21.7. The third-order valence-corrected chi connectivity index (χ3v) is 6.57. The number of hydrogen-bond donors (Lipinski definition) is 0. The van der Waals surface area contributed by atoms with E-state index in [4.69, 9.17) is 4.98 Å². The molecule has 2 heterocycles. The number of rotatable bonds is 7. The Balaban J connectivity index is 1.64. The first-order valence-electron chi connectivity index (χ1n) is 12.9. The van der Waals surface area contributed by atoms with Crippen LogP contribution in [-0.4, -0.2) is 9.97 Å². The van der Waals surface area contributed by atoms with Gasteiger partial charge in [-0.3, -0.25) is 9.97 Å². The highest BCUT2D eigenvalue weighted by molar-refractivity contribution is 5.91. The van der Waals surface area contributed by atoms with E-state index < -0.39 is 0 Å². The molecule has 0 fully saturated rings. The minimum Gasteiger partial charge on any atom is -0.256 e. The van der Waals surface area contributed by atoms with E-state index in [2.05, 4.69) is 123 Å². The van der Waals surface area contributed by atoms with Crippen molar-refractivity contribution in [1.29, 1.82) is 0 Å². The maximum atomic E-state index is 4.82. The summed E-state index contributed by atoms with van der Waals surface area (Å²) in [7, 11) is 0. The number of benzene rings is 3. The van der Waals surface area contributed by atoms with Crippen LogP contribution in [0.2, 0.25) is 0 Å². The first kappa shape index (κ1) is 24.4. The summed E-state index contributed by atoms with van der Waals surface area (Å²) in [6.07, 6.45) is 7.11. The van der Waals surface area contributed by atoms with Gasteiger partial charge in [-0.2, -0.15) is 0 Å². The molecule has 0 unspecified atom stereocenters. The Kier molecular flexibility index (Phi) is 7.37. The van der Waals surface area contributed by atoms with Crippen molar-refractivity contribution in [3.05, 3.63) is 132 Å². The molecule has 0 saturated heterocycles. The zero-order chi connectivity index (χ0) is 25.6. The average molecular weight is 481 g/mol. The molecule has 0 saturated carbocycles. The second kappa shape index (κ2) is 11.2. The summed E-state index contributed by atoms with van der Waals surface area (Å²) < 4.78 is 0. The SMILES string of the molecule is C/C(=C/c1ccc(-c2ccccc2)cc1-c1cc(CC(C)C)ccn1)c1ccccc1-c1ccccn1. The van der Waals surface area contributed by atoms with Crippen LogP contribution in [-0.2, 0) is 6.42 Å². The van der Waals surface area contributed by atoms with Gasteiger partial charge in [-0.1, -0.05) is 92.7 Å². The van der Waals surface area contributed by atoms with E-state index in [1.807, 2.05) is 24.5 Å². The summed E-state index contributed by atoms with van der Waals surface area (Å²) in [5.74, 6) is 0.593.